The minimum absolute atomic E-state index is 0.629. The molecule has 86 valence electrons. The van der Waals surface area contributed by atoms with E-state index in [1.807, 2.05) is 6.21 Å². The molecule has 0 radical (unpaired) electrons. The van der Waals surface area contributed by atoms with Gasteiger partial charge in [-0.15, -0.1) is 0 Å². The van der Waals surface area contributed by atoms with Gasteiger partial charge in [-0.25, -0.2) is 0 Å². The van der Waals surface area contributed by atoms with Gasteiger partial charge in [0.15, 0.2) is 0 Å². The fraction of sp³-hybridized carbons (Fsp3) is 0.750. The Kier molecular flexibility index (Phi) is 5.40. The molecule has 0 unspecified atom stereocenters. The lowest BCUT2D eigenvalue weighted by Crippen LogP contribution is -2.36. The summed E-state index contributed by atoms with van der Waals surface area (Å²) in [6, 6.07) is 0. The number of ether oxygens (including phenoxy) is 1. The van der Waals surface area contributed by atoms with Crippen LogP contribution in [0.3, 0.4) is 0 Å². The summed E-state index contributed by atoms with van der Waals surface area (Å²) in [6.45, 7) is 10.9. The van der Waals surface area contributed by atoms with Crippen LogP contribution in [0.25, 0.3) is 0 Å². The number of aliphatic imine (C=N–C) groups is 1. The summed E-state index contributed by atoms with van der Waals surface area (Å²) in [7, 11) is 0. The van der Waals surface area contributed by atoms with Crippen LogP contribution in [0.15, 0.2) is 16.8 Å². The molecule has 15 heavy (non-hydrogen) atoms. The van der Waals surface area contributed by atoms with Crippen LogP contribution in [0.2, 0.25) is 0 Å². The van der Waals surface area contributed by atoms with Gasteiger partial charge >= 0.3 is 0 Å². The Bertz CT molecular complexity index is 228. The fourth-order valence-electron chi connectivity index (χ4n) is 1.52. The quantitative estimate of drug-likeness (QED) is 0.663. The molecule has 1 heterocycles. The minimum Gasteiger partial charge on any atom is -0.378 e. The summed E-state index contributed by atoms with van der Waals surface area (Å²) in [4.78, 5) is 6.77. The van der Waals surface area contributed by atoms with Gasteiger partial charge in [-0.1, -0.05) is 19.9 Å². The smallest absolute Gasteiger partial charge is 0.0642 e. The summed E-state index contributed by atoms with van der Waals surface area (Å²) in [5.74, 6) is 0.629. The second kappa shape index (κ2) is 6.62. The van der Waals surface area contributed by atoms with Gasteiger partial charge in [0.05, 0.1) is 18.9 Å². The lowest BCUT2D eigenvalue weighted by atomic mass is 10.2. The molecule has 1 aliphatic heterocycles. The number of hydrogen-bond donors (Lipinski definition) is 0. The van der Waals surface area contributed by atoms with Crippen LogP contribution in [0.5, 0.6) is 0 Å². The molecule has 0 saturated carbocycles. The number of morpholine rings is 1. The van der Waals surface area contributed by atoms with Crippen molar-refractivity contribution in [1.82, 2.24) is 4.90 Å². The molecule has 3 nitrogen and oxygen atoms in total. The maximum atomic E-state index is 5.32. The molecule has 0 aliphatic carbocycles. The van der Waals surface area contributed by atoms with Crippen molar-refractivity contribution in [3.63, 3.8) is 0 Å². The SMILES string of the molecule is C/C=C(\C=NCC(C)C)N1CCOCC1. The van der Waals surface area contributed by atoms with Crippen molar-refractivity contribution in [2.75, 3.05) is 32.8 Å². The Morgan fingerprint density at radius 2 is 2.07 bits per heavy atom. The molecule has 0 atom stereocenters. The highest BCUT2D eigenvalue weighted by atomic mass is 16.5. The molecule has 3 heteroatoms. The molecule has 1 rings (SSSR count). The first-order valence-electron chi connectivity index (χ1n) is 5.73. The first kappa shape index (κ1) is 12.2. The highest BCUT2D eigenvalue weighted by Crippen LogP contribution is 2.05. The summed E-state index contributed by atoms with van der Waals surface area (Å²) >= 11 is 0. The molecule has 1 fully saturated rings. The number of rotatable bonds is 4. The van der Waals surface area contributed by atoms with E-state index in [4.69, 9.17) is 4.74 Å². The summed E-state index contributed by atoms with van der Waals surface area (Å²) in [5, 5.41) is 0. The zero-order valence-electron chi connectivity index (χ0n) is 10.1. The van der Waals surface area contributed by atoms with Gasteiger partial charge in [-0.2, -0.15) is 0 Å². The van der Waals surface area contributed by atoms with E-state index in [2.05, 4.69) is 36.7 Å². The number of hydrogen-bond acceptors (Lipinski definition) is 3. The van der Waals surface area contributed by atoms with Crippen molar-refractivity contribution in [2.24, 2.45) is 10.9 Å². The van der Waals surface area contributed by atoms with Crippen molar-refractivity contribution in [2.45, 2.75) is 20.8 Å². The zero-order valence-corrected chi connectivity index (χ0v) is 10.1. The van der Waals surface area contributed by atoms with Gasteiger partial charge in [0, 0.05) is 25.8 Å². The molecule has 0 aromatic rings. The van der Waals surface area contributed by atoms with E-state index in [1.165, 1.54) is 5.70 Å². The van der Waals surface area contributed by atoms with Crippen molar-refractivity contribution >= 4 is 6.21 Å². The van der Waals surface area contributed by atoms with Gasteiger partial charge in [-0.05, 0) is 12.8 Å². The van der Waals surface area contributed by atoms with Crippen molar-refractivity contribution in [3.8, 4) is 0 Å². The van der Waals surface area contributed by atoms with Crippen LogP contribution in [-0.2, 0) is 4.74 Å². The Labute approximate surface area is 92.8 Å². The fourth-order valence-corrected chi connectivity index (χ4v) is 1.52. The first-order valence-corrected chi connectivity index (χ1v) is 5.73. The Balaban J connectivity index is 2.44. The van der Waals surface area contributed by atoms with Gasteiger partial charge < -0.3 is 9.64 Å². The maximum Gasteiger partial charge on any atom is 0.0642 e. The van der Waals surface area contributed by atoms with E-state index in [-0.39, 0.29) is 0 Å². The third-order valence-corrected chi connectivity index (χ3v) is 2.37. The van der Waals surface area contributed by atoms with Crippen LogP contribution >= 0.6 is 0 Å². The summed E-state index contributed by atoms with van der Waals surface area (Å²) in [6.07, 6.45) is 4.11. The molecule has 1 saturated heterocycles. The lowest BCUT2D eigenvalue weighted by molar-refractivity contribution is 0.0566. The lowest BCUT2D eigenvalue weighted by Gasteiger charge is -2.29. The summed E-state index contributed by atoms with van der Waals surface area (Å²) < 4.78 is 5.32. The summed E-state index contributed by atoms with van der Waals surface area (Å²) in [5.41, 5.74) is 1.22. The van der Waals surface area contributed by atoms with E-state index in [0.717, 1.165) is 32.8 Å². The highest BCUT2D eigenvalue weighted by Gasteiger charge is 2.11. The molecule has 1 aliphatic rings. The predicted octanol–water partition coefficient (Wildman–Crippen LogP) is 1.95. The van der Waals surface area contributed by atoms with Gasteiger partial charge in [0.25, 0.3) is 0 Å². The van der Waals surface area contributed by atoms with E-state index < -0.39 is 0 Å². The monoisotopic (exact) mass is 210 g/mol. The molecule has 0 N–H and O–H groups in total. The van der Waals surface area contributed by atoms with E-state index in [1.54, 1.807) is 0 Å². The first-order chi connectivity index (χ1) is 7.24. The molecular weight excluding hydrogens is 188 g/mol. The Morgan fingerprint density at radius 1 is 1.40 bits per heavy atom. The zero-order chi connectivity index (χ0) is 11.1. The third-order valence-electron chi connectivity index (χ3n) is 2.37. The molecule has 0 spiro atoms. The Morgan fingerprint density at radius 3 is 2.60 bits per heavy atom. The minimum atomic E-state index is 0.629. The van der Waals surface area contributed by atoms with E-state index >= 15 is 0 Å². The Hall–Kier alpha value is -0.830. The van der Waals surface area contributed by atoms with Crippen molar-refractivity contribution in [3.05, 3.63) is 11.8 Å². The van der Waals surface area contributed by atoms with Crippen LogP contribution in [0, 0.1) is 5.92 Å². The average Bonchev–Trinajstić information content (AvgIpc) is 2.25. The van der Waals surface area contributed by atoms with Gasteiger partial charge in [0.1, 0.15) is 0 Å². The number of nitrogens with zero attached hydrogens (tertiary/aromatic N) is 2. The largest absolute Gasteiger partial charge is 0.378 e. The maximum absolute atomic E-state index is 5.32. The van der Waals surface area contributed by atoms with Gasteiger partial charge in [0.2, 0.25) is 0 Å². The molecule has 0 bridgehead atoms. The van der Waals surface area contributed by atoms with Crippen molar-refractivity contribution < 1.29 is 4.74 Å². The second-order valence-electron chi connectivity index (χ2n) is 4.20. The second-order valence-corrected chi connectivity index (χ2v) is 4.20. The third kappa shape index (κ3) is 4.47. The van der Waals surface area contributed by atoms with Crippen LogP contribution in [0.1, 0.15) is 20.8 Å². The van der Waals surface area contributed by atoms with Crippen LogP contribution < -0.4 is 0 Å². The highest BCUT2D eigenvalue weighted by molar-refractivity contribution is 5.77. The molecule has 0 amide bonds. The van der Waals surface area contributed by atoms with Crippen LogP contribution in [-0.4, -0.2) is 44.0 Å². The standard InChI is InChI=1S/C12H22N2O/c1-4-12(10-13-9-11(2)3)14-5-7-15-8-6-14/h4,10-11H,5-9H2,1-3H3/b12-4+,13-10?. The topological polar surface area (TPSA) is 24.8 Å². The predicted molar refractivity (Wildman–Crippen MR) is 64.3 cm³/mol. The molecule has 0 aromatic carbocycles. The van der Waals surface area contributed by atoms with Gasteiger partial charge in [-0.3, -0.25) is 4.99 Å². The van der Waals surface area contributed by atoms with E-state index in [0.29, 0.717) is 5.92 Å². The number of allylic oxidation sites excluding steroid dienone is 2. The van der Waals surface area contributed by atoms with Crippen molar-refractivity contribution in [1.29, 1.82) is 0 Å². The molecule has 0 aromatic heterocycles. The van der Waals surface area contributed by atoms with Crippen LogP contribution in [0.4, 0.5) is 0 Å². The molecular formula is C12H22N2O. The normalized spacial score (nSPS) is 19.2. The van der Waals surface area contributed by atoms with E-state index in [9.17, 15) is 0 Å². The average molecular weight is 210 g/mol.